The summed E-state index contributed by atoms with van der Waals surface area (Å²) in [6.45, 7) is 2.35. The first kappa shape index (κ1) is 11.4. The van der Waals surface area contributed by atoms with Gasteiger partial charge in [0, 0.05) is 19.5 Å². The predicted octanol–water partition coefficient (Wildman–Crippen LogP) is -0.314. The largest absolute Gasteiger partial charge is 0.395 e. The third-order valence-electron chi connectivity index (χ3n) is 1.63. The highest BCUT2D eigenvalue weighted by Gasteiger charge is 2.01. The molecule has 3 nitrogen and oxygen atoms in total. The summed E-state index contributed by atoms with van der Waals surface area (Å²) in [5, 5.41) is 17.3. The van der Waals surface area contributed by atoms with Crippen molar-refractivity contribution in [2.75, 3.05) is 32.8 Å². The first-order valence-electron chi connectivity index (χ1n) is 4.22. The minimum absolute atomic E-state index is 0.135. The van der Waals surface area contributed by atoms with E-state index in [1.165, 1.54) is 0 Å². The smallest absolute Gasteiger partial charge is 0.0558 e. The minimum Gasteiger partial charge on any atom is -0.395 e. The zero-order valence-corrected chi connectivity index (χ0v) is 7.37. The third-order valence-corrected chi connectivity index (χ3v) is 1.63. The highest BCUT2D eigenvalue weighted by atomic mass is 16.3. The molecule has 12 heavy (non-hydrogen) atoms. The molecule has 0 amide bonds. The van der Waals surface area contributed by atoms with Crippen LogP contribution >= 0.6 is 0 Å². The second kappa shape index (κ2) is 8.54. The molecule has 0 aromatic carbocycles. The van der Waals surface area contributed by atoms with E-state index < -0.39 is 0 Å². The van der Waals surface area contributed by atoms with Crippen LogP contribution in [-0.4, -0.2) is 48.0 Å². The van der Waals surface area contributed by atoms with Crippen LogP contribution in [0.5, 0.6) is 0 Å². The lowest BCUT2D eigenvalue weighted by Gasteiger charge is -2.18. The summed E-state index contributed by atoms with van der Waals surface area (Å²) < 4.78 is 0. The van der Waals surface area contributed by atoms with E-state index in [1.54, 1.807) is 0 Å². The van der Waals surface area contributed by atoms with Crippen LogP contribution < -0.4 is 0 Å². The fourth-order valence-corrected chi connectivity index (χ4v) is 1.02. The average molecular weight is 171 g/mol. The quantitative estimate of drug-likeness (QED) is 0.408. The SMILES string of the molecule is C#CCCCN(CCO)CCO. The van der Waals surface area contributed by atoms with Crippen molar-refractivity contribution in [1.29, 1.82) is 0 Å². The van der Waals surface area contributed by atoms with E-state index in [1.807, 2.05) is 4.90 Å². The summed E-state index contributed by atoms with van der Waals surface area (Å²) in [5.41, 5.74) is 0. The van der Waals surface area contributed by atoms with E-state index in [9.17, 15) is 0 Å². The van der Waals surface area contributed by atoms with Crippen molar-refractivity contribution in [1.82, 2.24) is 4.90 Å². The summed E-state index contributed by atoms with van der Waals surface area (Å²) >= 11 is 0. The molecule has 70 valence electrons. The standard InChI is InChI=1S/C9H17NO2/c1-2-3-4-5-10(6-8-11)7-9-12/h1,11-12H,3-9H2. The lowest BCUT2D eigenvalue weighted by molar-refractivity contribution is 0.160. The zero-order chi connectivity index (χ0) is 9.23. The van der Waals surface area contributed by atoms with Gasteiger partial charge in [0.15, 0.2) is 0 Å². The maximum atomic E-state index is 8.66. The highest BCUT2D eigenvalue weighted by molar-refractivity contribution is 4.83. The van der Waals surface area contributed by atoms with Gasteiger partial charge in [-0.1, -0.05) is 0 Å². The van der Waals surface area contributed by atoms with E-state index in [-0.39, 0.29) is 13.2 Å². The number of hydrogen-bond acceptors (Lipinski definition) is 3. The van der Waals surface area contributed by atoms with Crippen molar-refractivity contribution >= 4 is 0 Å². The highest BCUT2D eigenvalue weighted by Crippen LogP contribution is 1.93. The van der Waals surface area contributed by atoms with Crippen molar-refractivity contribution in [3.63, 3.8) is 0 Å². The molecule has 0 heterocycles. The molecule has 0 bridgehead atoms. The van der Waals surface area contributed by atoms with Crippen molar-refractivity contribution in [2.24, 2.45) is 0 Å². The first-order chi connectivity index (χ1) is 5.85. The number of nitrogens with zero attached hydrogens (tertiary/aromatic N) is 1. The predicted molar refractivity (Wildman–Crippen MR) is 48.7 cm³/mol. The van der Waals surface area contributed by atoms with Crippen LogP contribution in [-0.2, 0) is 0 Å². The fourth-order valence-electron chi connectivity index (χ4n) is 1.02. The van der Waals surface area contributed by atoms with Crippen LogP contribution in [0.3, 0.4) is 0 Å². The zero-order valence-electron chi connectivity index (χ0n) is 7.37. The lowest BCUT2D eigenvalue weighted by Crippen LogP contribution is -2.30. The molecule has 2 N–H and O–H groups in total. The van der Waals surface area contributed by atoms with Gasteiger partial charge in [-0.15, -0.1) is 12.3 Å². The van der Waals surface area contributed by atoms with Crippen molar-refractivity contribution in [3.8, 4) is 12.3 Å². The molecule has 0 fully saturated rings. The Kier molecular flexibility index (Phi) is 8.14. The number of unbranched alkanes of at least 4 members (excludes halogenated alkanes) is 1. The van der Waals surface area contributed by atoms with Gasteiger partial charge >= 0.3 is 0 Å². The minimum atomic E-state index is 0.135. The van der Waals surface area contributed by atoms with E-state index in [0.29, 0.717) is 13.1 Å². The van der Waals surface area contributed by atoms with Gasteiger partial charge in [-0.25, -0.2) is 0 Å². The molecule has 0 rings (SSSR count). The summed E-state index contributed by atoms with van der Waals surface area (Å²) in [6, 6.07) is 0. The Hall–Kier alpha value is -0.560. The van der Waals surface area contributed by atoms with Crippen LogP contribution in [0.1, 0.15) is 12.8 Å². The molecule has 0 unspecified atom stereocenters. The van der Waals surface area contributed by atoms with Gasteiger partial charge in [-0.3, -0.25) is 4.90 Å². The van der Waals surface area contributed by atoms with Gasteiger partial charge in [-0.05, 0) is 13.0 Å². The van der Waals surface area contributed by atoms with Crippen LogP contribution in [0.15, 0.2) is 0 Å². The normalized spacial score (nSPS) is 10.2. The van der Waals surface area contributed by atoms with Gasteiger partial charge in [0.05, 0.1) is 13.2 Å². The summed E-state index contributed by atoms with van der Waals surface area (Å²) in [5.74, 6) is 2.56. The summed E-state index contributed by atoms with van der Waals surface area (Å²) in [6.07, 6.45) is 6.78. The van der Waals surface area contributed by atoms with Crippen LogP contribution in [0, 0.1) is 12.3 Å². The molecule has 0 saturated heterocycles. The van der Waals surface area contributed by atoms with Gasteiger partial charge in [0.1, 0.15) is 0 Å². The van der Waals surface area contributed by atoms with E-state index >= 15 is 0 Å². The fraction of sp³-hybridized carbons (Fsp3) is 0.778. The summed E-state index contributed by atoms with van der Waals surface area (Å²) in [7, 11) is 0. The summed E-state index contributed by atoms with van der Waals surface area (Å²) in [4.78, 5) is 2.00. The van der Waals surface area contributed by atoms with Crippen LogP contribution in [0.25, 0.3) is 0 Å². The average Bonchev–Trinajstić information content (AvgIpc) is 2.06. The number of terminal acetylenes is 1. The Bertz CT molecular complexity index is 125. The molecule has 0 radical (unpaired) electrons. The molecular weight excluding hydrogens is 154 g/mol. The molecule has 0 aliphatic heterocycles. The van der Waals surface area contributed by atoms with Crippen molar-refractivity contribution in [2.45, 2.75) is 12.8 Å². The van der Waals surface area contributed by atoms with Gasteiger partial charge in [0.25, 0.3) is 0 Å². The van der Waals surface area contributed by atoms with Gasteiger partial charge in [0.2, 0.25) is 0 Å². The van der Waals surface area contributed by atoms with Gasteiger partial charge in [-0.2, -0.15) is 0 Å². The van der Waals surface area contributed by atoms with E-state index in [0.717, 1.165) is 19.4 Å². The number of rotatable bonds is 7. The second-order valence-corrected chi connectivity index (χ2v) is 2.60. The lowest BCUT2D eigenvalue weighted by atomic mass is 10.3. The Morgan fingerprint density at radius 2 is 1.67 bits per heavy atom. The second-order valence-electron chi connectivity index (χ2n) is 2.60. The van der Waals surface area contributed by atoms with Crippen molar-refractivity contribution in [3.05, 3.63) is 0 Å². The topological polar surface area (TPSA) is 43.7 Å². The Balaban J connectivity index is 3.42. The Labute approximate surface area is 74.0 Å². The number of hydrogen-bond donors (Lipinski definition) is 2. The molecule has 0 saturated carbocycles. The number of aliphatic hydroxyl groups is 2. The monoisotopic (exact) mass is 171 g/mol. The molecule has 0 aromatic heterocycles. The van der Waals surface area contributed by atoms with Crippen LogP contribution in [0.2, 0.25) is 0 Å². The molecular formula is C9H17NO2. The number of aliphatic hydroxyl groups excluding tert-OH is 2. The van der Waals surface area contributed by atoms with Crippen molar-refractivity contribution < 1.29 is 10.2 Å². The Morgan fingerprint density at radius 1 is 1.08 bits per heavy atom. The van der Waals surface area contributed by atoms with E-state index in [2.05, 4.69) is 5.92 Å². The molecule has 0 aliphatic rings. The van der Waals surface area contributed by atoms with Crippen LogP contribution in [0.4, 0.5) is 0 Å². The third kappa shape index (κ3) is 6.17. The molecule has 0 spiro atoms. The van der Waals surface area contributed by atoms with Gasteiger partial charge < -0.3 is 10.2 Å². The molecule has 3 heteroatoms. The Morgan fingerprint density at radius 3 is 2.08 bits per heavy atom. The maximum Gasteiger partial charge on any atom is 0.0558 e. The first-order valence-corrected chi connectivity index (χ1v) is 4.22. The van der Waals surface area contributed by atoms with E-state index in [4.69, 9.17) is 16.6 Å². The maximum absolute atomic E-state index is 8.66. The molecule has 0 atom stereocenters. The molecule has 0 aliphatic carbocycles. The molecule has 0 aromatic rings.